The first-order valence-electron chi connectivity index (χ1n) is 9.70. The third-order valence-electron chi connectivity index (χ3n) is 4.08. The number of ether oxygens (including phenoxy) is 2. The molecule has 0 bridgehead atoms. The third kappa shape index (κ3) is 10.0. The van der Waals surface area contributed by atoms with Crippen LogP contribution in [-0.2, 0) is 16.0 Å². The van der Waals surface area contributed by atoms with Crippen molar-refractivity contribution in [3.8, 4) is 0 Å². The van der Waals surface area contributed by atoms with E-state index in [0.29, 0.717) is 25.6 Å². The molecule has 2 rings (SSSR count). The summed E-state index contributed by atoms with van der Waals surface area (Å²) < 4.78 is 10.6. The van der Waals surface area contributed by atoms with Crippen molar-refractivity contribution >= 4 is 41.7 Å². The number of rotatable bonds is 6. The van der Waals surface area contributed by atoms with Gasteiger partial charge in [0.25, 0.3) is 0 Å². The number of anilines is 1. The number of carbonyl (C=O) groups excluding carboxylic acids is 1. The monoisotopic (exact) mass is 519 g/mol. The van der Waals surface area contributed by atoms with Gasteiger partial charge >= 0.3 is 6.09 Å². The number of benzene rings is 1. The van der Waals surface area contributed by atoms with Crippen molar-refractivity contribution in [2.45, 2.75) is 32.9 Å². The molecule has 0 aromatic heterocycles. The molecule has 0 saturated carbocycles. The Morgan fingerprint density at radius 2 is 1.72 bits per heavy atom. The molecule has 0 unspecified atom stereocenters. The summed E-state index contributed by atoms with van der Waals surface area (Å²) in [6.07, 6.45) is -0.419. The van der Waals surface area contributed by atoms with E-state index in [4.69, 9.17) is 9.47 Å². The zero-order valence-corrected chi connectivity index (χ0v) is 20.1. The molecule has 0 spiro atoms. The number of alkyl carbamates (subject to hydrolysis) is 1. The Morgan fingerprint density at radius 3 is 2.31 bits per heavy atom. The Bertz CT molecular complexity index is 641. The van der Waals surface area contributed by atoms with E-state index in [9.17, 15) is 4.79 Å². The van der Waals surface area contributed by atoms with Gasteiger partial charge in [0.1, 0.15) is 5.60 Å². The Morgan fingerprint density at radius 1 is 1.10 bits per heavy atom. The number of morpholine rings is 1. The van der Waals surface area contributed by atoms with Crippen LogP contribution in [0.15, 0.2) is 29.3 Å². The smallest absolute Gasteiger partial charge is 0.407 e. The van der Waals surface area contributed by atoms with E-state index in [-0.39, 0.29) is 24.0 Å². The second-order valence-electron chi connectivity index (χ2n) is 7.55. The topological polar surface area (TPSA) is 87.2 Å². The highest BCUT2D eigenvalue weighted by Gasteiger charge is 2.15. The molecule has 1 heterocycles. The minimum Gasteiger partial charge on any atom is -0.444 e. The molecule has 164 valence electrons. The number of amides is 1. The highest BCUT2D eigenvalue weighted by atomic mass is 127. The van der Waals surface area contributed by atoms with Crippen LogP contribution in [0.5, 0.6) is 0 Å². The van der Waals surface area contributed by atoms with E-state index in [1.165, 1.54) is 11.3 Å². The Kier molecular flexibility index (Phi) is 11.1. The van der Waals surface area contributed by atoms with Crippen molar-refractivity contribution in [2.24, 2.45) is 4.99 Å². The van der Waals surface area contributed by atoms with E-state index in [0.717, 1.165) is 26.3 Å². The summed E-state index contributed by atoms with van der Waals surface area (Å²) in [5.74, 6) is 0.684. The van der Waals surface area contributed by atoms with E-state index in [1.807, 2.05) is 20.8 Å². The maximum absolute atomic E-state index is 11.6. The van der Waals surface area contributed by atoms with Gasteiger partial charge in [0.2, 0.25) is 0 Å². The molecule has 0 radical (unpaired) electrons. The van der Waals surface area contributed by atoms with Crippen molar-refractivity contribution in [3.63, 3.8) is 0 Å². The second kappa shape index (κ2) is 12.7. The van der Waals surface area contributed by atoms with Crippen LogP contribution >= 0.6 is 24.0 Å². The molecule has 8 nitrogen and oxygen atoms in total. The Balaban J connectivity index is 0.00000420. The quantitative estimate of drug-likeness (QED) is 0.232. The summed E-state index contributed by atoms with van der Waals surface area (Å²) in [5, 5.41) is 9.15. The minimum atomic E-state index is -0.494. The number of guanidine groups is 1. The number of hydrogen-bond acceptors (Lipinski definition) is 5. The van der Waals surface area contributed by atoms with Gasteiger partial charge in [0.15, 0.2) is 5.96 Å². The molecule has 1 amide bonds. The molecule has 1 fully saturated rings. The van der Waals surface area contributed by atoms with Gasteiger partial charge in [-0.05, 0) is 38.5 Å². The third-order valence-corrected chi connectivity index (χ3v) is 4.08. The molecule has 0 atom stereocenters. The highest BCUT2D eigenvalue weighted by Crippen LogP contribution is 2.16. The van der Waals surface area contributed by atoms with Crippen molar-refractivity contribution in [1.29, 1.82) is 0 Å². The van der Waals surface area contributed by atoms with Crippen LogP contribution in [0.2, 0.25) is 0 Å². The zero-order chi connectivity index (χ0) is 20.4. The number of halogens is 1. The SMILES string of the molecule is CN=C(NCCNC(=O)OC(C)(C)C)NCc1ccc(N2CCOCC2)cc1.I. The summed E-state index contributed by atoms with van der Waals surface area (Å²) in [6.45, 7) is 10.6. The van der Waals surface area contributed by atoms with Crippen LogP contribution in [-0.4, -0.2) is 64.1 Å². The lowest BCUT2D eigenvalue weighted by Gasteiger charge is -2.28. The van der Waals surface area contributed by atoms with Crippen LogP contribution in [0, 0.1) is 0 Å². The lowest BCUT2D eigenvalue weighted by molar-refractivity contribution is 0.0529. The molecule has 1 saturated heterocycles. The lowest BCUT2D eigenvalue weighted by atomic mass is 10.2. The molecule has 0 aliphatic carbocycles. The number of hydrogen-bond donors (Lipinski definition) is 3. The standard InChI is InChI=1S/C20H33N5O3.HI/c1-20(2,3)28-19(26)23-10-9-22-18(21-4)24-15-16-5-7-17(8-6-16)25-11-13-27-14-12-25;/h5-8H,9-15H2,1-4H3,(H,23,26)(H2,21,22,24);1H. The fourth-order valence-electron chi connectivity index (χ4n) is 2.71. The van der Waals surface area contributed by atoms with E-state index in [1.54, 1.807) is 7.05 Å². The molecular formula is C20H34IN5O3. The second-order valence-corrected chi connectivity index (χ2v) is 7.55. The predicted octanol–water partition coefficient (Wildman–Crippen LogP) is 2.33. The maximum Gasteiger partial charge on any atom is 0.407 e. The number of carbonyl (C=O) groups is 1. The van der Waals surface area contributed by atoms with Crippen LogP contribution in [0.25, 0.3) is 0 Å². The molecule has 3 N–H and O–H groups in total. The fraction of sp³-hybridized carbons (Fsp3) is 0.600. The Labute approximate surface area is 190 Å². The normalized spacial score (nSPS) is 14.6. The minimum absolute atomic E-state index is 0. The molecule has 1 aromatic carbocycles. The highest BCUT2D eigenvalue weighted by molar-refractivity contribution is 14.0. The van der Waals surface area contributed by atoms with Crippen molar-refractivity contribution in [2.75, 3.05) is 51.3 Å². The van der Waals surface area contributed by atoms with Gasteiger partial charge in [-0.1, -0.05) is 12.1 Å². The first kappa shape index (κ1) is 25.3. The molecule has 1 aromatic rings. The van der Waals surface area contributed by atoms with E-state index >= 15 is 0 Å². The van der Waals surface area contributed by atoms with Crippen molar-refractivity contribution in [1.82, 2.24) is 16.0 Å². The zero-order valence-electron chi connectivity index (χ0n) is 17.8. The fourth-order valence-corrected chi connectivity index (χ4v) is 2.71. The van der Waals surface area contributed by atoms with Crippen LogP contribution in [0.3, 0.4) is 0 Å². The number of aliphatic imine (C=N–C) groups is 1. The molecule has 29 heavy (non-hydrogen) atoms. The summed E-state index contributed by atoms with van der Waals surface area (Å²) in [5.41, 5.74) is 1.90. The summed E-state index contributed by atoms with van der Waals surface area (Å²) in [7, 11) is 1.72. The first-order chi connectivity index (χ1) is 13.4. The van der Waals surface area contributed by atoms with Crippen LogP contribution in [0.4, 0.5) is 10.5 Å². The van der Waals surface area contributed by atoms with Crippen molar-refractivity contribution < 1.29 is 14.3 Å². The van der Waals surface area contributed by atoms with Crippen LogP contribution in [0.1, 0.15) is 26.3 Å². The number of nitrogens with one attached hydrogen (secondary N) is 3. The molecule has 1 aliphatic rings. The average molecular weight is 519 g/mol. The number of nitrogens with zero attached hydrogens (tertiary/aromatic N) is 2. The van der Waals surface area contributed by atoms with Gasteiger partial charge in [0.05, 0.1) is 13.2 Å². The predicted molar refractivity (Wildman–Crippen MR) is 127 cm³/mol. The molecule has 1 aliphatic heterocycles. The van der Waals surface area contributed by atoms with Gasteiger partial charge < -0.3 is 30.3 Å². The van der Waals surface area contributed by atoms with Gasteiger partial charge in [-0.25, -0.2) is 4.79 Å². The summed E-state index contributed by atoms with van der Waals surface area (Å²) in [4.78, 5) is 18.1. The summed E-state index contributed by atoms with van der Waals surface area (Å²) in [6, 6.07) is 8.52. The summed E-state index contributed by atoms with van der Waals surface area (Å²) >= 11 is 0. The van der Waals surface area contributed by atoms with E-state index < -0.39 is 11.7 Å². The molecular weight excluding hydrogens is 485 g/mol. The lowest BCUT2D eigenvalue weighted by Crippen LogP contribution is -2.42. The molecule has 9 heteroatoms. The Hall–Kier alpha value is -1.75. The van der Waals surface area contributed by atoms with Gasteiger partial charge in [-0.15, -0.1) is 24.0 Å². The van der Waals surface area contributed by atoms with Gasteiger partial charge in [0, 0.05) is 45.5 Å². The average Bonchev–Trinajstić information content (AvgIpc) is 2.67. The first-order valence-corrected chi connectivity index (χ1v) is 9.70. The van der Waals surface area contributed by atoms with Gasteiger partial charge in [-0.3, -0.25) is 4.99 Å². The largest absolute Gasteiger partial charge is 0.444 e. The maximum atomic E-state index is 11.6. The van der Waals surface area contributed by atoms with Crippen molar-refractivity contribution in [3.05, 3.63) is 29.8 Å². The van der Waals surface area contributed by atoms with E-state index in [2.05, 4.69) is 50.1 Å². The van der Waals surface area contributed by atoms with Crippen LogP contribution < -0.4 is 20.9 Å². The van der Waals surface area contributed by atoms with Gasteiger partial charge in [-0.2, -0.15) is 0 Å².